The van der Waals surface area contributed by atoms with Gasteiger partial charge in [-0.1, -0.05) is 19.8 Å². The summed E-state index contributed by atoms with van der Waals surface area (Å²) in [7, 11) is 0. The minimum absolute atomic E-state index is 0. The molecule has 0 radical (unpaired) electrons. The maximum Gasteiger partial charge on any atom is 0.191 e. The third kappa shape index (κ3) is 4.11. The van der Waals surface area contributed by atoms with E-state index in [1.54, 1.807) is 0 Å². The number of guanidine groups is 1. The Morgan fingerprint density at radius 3 is 2.38 bits per heavy atom. The number of nitrogens with zero attached hydrogens (tertiary/aromatic N) is 1. The number of nitrogens with one attached hydrogen (secondary N) is 2. The largest absolute Gasteiger partial charge is 0.354 e. The highest BCUT2D eigenvalue weighted by atomic mass is 127. The van der Waals surface area contributed by atoms with Crippen molar-refractivity contribution in [3.8, 4) is 0 Å². The standard InChI is InChI=1S/C12H23N3.HI/c1-3-13-12(15-11-8-9(11)2)14-10-6-4-5-7-10;/h9-11H,3-8H2,1-2H3,(H2,13,14,15);1H. The number of aliphatic imine (C=N–C) groups is 1. The zero-order valence-corrected chi connectivity index (χ0v) is 12.7. The molecular weight excluding hydrogens is 313 g/mol. The van der Waals surface area contributed by atoms with Gasteiger partial charge in [0, 0.05) is 18.6 Å². The van der Waals surface area contributed by atoms with E-state index in [2.05, 4.69) is 29.5 Å². The van der Waals surface area contributed by atoms with E-state index in [0.717, 1.165) is 18.4 Å². The number of hydrogen-bond donors (Lipinski definition) is 2. The van der Waals surface area contributed by atoms with Crippen molar-refractivity contribution < 1.29 is 0 Å². The number of hydrogen-bond acceptors (Lipinski definition) is 1. The van der Waals surface area contributed by atoms with Crippen molar-refractivity contribution in [1.82, 2.24) is 10.6 Å². The van der Waals surface area contributed by atoms with Gasteiger partial charge in [-0.05, 0) is 32.1 Å². The molecule has 0 aromatic rings. The quantitative estimate of drug-likeness (QED) is 0.472. The summed E-state index contributed by atoms with van der Waals surface area (Å²) in [5.74, 6) is 1.87. The van der Waals surface area contributed by atoms with Crippen molar-refractivity contribution in [3.63, 3.8) is 0 Å². The lowest BCUT2D eigenvalue weighted by Gasteiger charge is -2.17. The van der Waals surface area contributed by atoms with Gasteiger partial charge in [0.2, 0.25) is 0 Å². The molecule has 2 rings (SSSR count). The fraction of sp³-hybridized carbons (Fsp3) is 0.917. The molecule has 0 saturated heterocycles. The number of halogens is 1. The van der Waals surface area contributed by atoms with Gasteiger partial charge in [0.25, 0.3) is 0 Å². The minimum Gasteiger partial charge on any atom is -0.354 e. The van der Waals surface area contributed by atoms with Gasteiger partial charge in [-0.2, -0.15) is 0 Å². The summed E-state index contributed by atoms with van der Waals surface area (Å²) in [5, 5.41) is 7.06. The molecule has 0 spiro atoms. The average Bonchev–Trinajstić information content (AvgIpc) is 2.69. The summed E-state index contributed by atoms with van der Waals surface area (Å²) in [6, 6.07) is 1.33. The Morgan fingerprint density at radius 2 is 1.88 bits per heavy atom. The lowest BCUT2D eigenvalue weighted by atomic mass is 10.2. The van der Waals surface area contributed by atoms with Gasteiger partial charge in [0.15, 0.2) is 5.96 Å². The van der Waals surface area contributed by atoms with Crippen LogP contribution in [-0.4, -0.2) is 24.6 Å². The van der Waals surface area contributed by atoms with Gasteiger partial charge in [-0.15, -0.1) is 24.0 Å². The second kappa shape index (κ2) is 6.67. The molecule has 0 aromatic carbocycles. The van der Waals surface area contributed by atoms with Crippen molar-refractivity contribution in [2.45, 2.75) is 58.0 Å². The molecule has 4 heteroatoms. The lowest BCUT2D eigenvalue weighted by molar-refractivity contribution is 0.609. The maximum atomic E-state index is 4.50. The molecule has 0 amide bonds. The second-order valence-corrected chi connectivity index (χ2v) is 4.91. The van der Waals surface area contributed by atoms with Crippen LogP contribution in [0.2, 0.25) is 0 Å². The summed E-state index contributed by atoms with van der Waals surface area (Å²) in [6.07, 6.45) is 6.66. The Morgan fingerprint density at radius 1 is 1.25 bits per heavy atom. The summed E-state index contributed by atoms with van der Waals surface area (Å²) < 4.78 is 0. The second-order valence-electron chi connectivity index (χ2n) is 4.91. The van der Waals surface area contributed by atoms with Gasteiger partial charge >= 0.3 is 0 Å². The van der Waals surface area contributed by atoms with Crippen LogP contribution in [-0.2, 0) is 0 Å². The van der Waals surface area contributed by atoms with E-state index in [1.807, 2.05) is 0 Å². The van der Waals surface area contributed by atoms with E-state index in [4.69, 9.17) is 0 Å². The third-order valence-corrected chi connectivity index (χ3v) is 3.44. The van der Waals surface area contributed by atoms with Crippen LogP contribution < -0.4 is 10.6 Å². The van der Waals surface area contributed by atoms with Crippen molar-refractivity contribution in [2.75, 3.05) is 6.54 Å². The van der Waals surface area contributed by atoms with Crippen LogP contribution in [0.4, 0.5) is 0 Å². The van der Waals surface area contributed by atoms with Crippen LogP contribution in [0.15, 0.2) is 4.99 Å². The molecule has 2 aliphatic rings. The molecule has 2 fully saturated rings. The first-order chi connectivity index (χ1) is 7.29. The molecule has 2 atom stereocenters. The average molecular weight is 337 g/mol. The van der Waals surface area contributed by atoms with E-state index in [0.29, 0.717) is 12.1 Å². The minimum atomic E-state index is 0. The van der Waals surface area contributed by atoms with E-state index in [-0.39, 0.29) is 24.0 Å². The van der Waals surface area contributed by atoms with Gasteiger partial charge in [-0.25, -0.2) is 0 Å². The molecule has 2 saturated carbocycles. The molecule has 2 unspecified atom stereocenters. The fourth-order valence-corrected chi connectivity index (χ4v) is 2.25. The first-order valence-electron chi connectivity index (χ1n) is 6.37. The lowest BCUT2D eigenvalue weighted by Crippen LogP contribution is -2.43. The predicted octanol–water partition coefficient (Wildman–Crippen LogP) is 2.51. The Labute approximate surface area is 116 Å². The smallest absolute Gasteiger partial charge is 0.191 e. The summed E-state index contributed by atoms with van der Waals surface area (Å²) in [6.45, 7) is 5.24. The van der Waals surface area contributed by atoms with Crippen LogP contribution >= 0.6 is 24.0 Å². The molecule has 2 N–H and O–H groups in total. The normalized spacial score (nSPS) is 29.8. The molecule has 3 nitrogen and oxygen atoms in total. The first kappa shape index (κ1) is 14.1. The molecule has 0 aliphatic heterocycles. The van der Waals surface area contributed by atoms with Crippen molar-refractivity contribution in [2.24, 2.45) is 10.9 Å². The molecule has 0 bridgehead atoms. The highest BCUT2D eigenvalue weighted by molar-refractivity contribution is 14.0. The highest BCUT2D eigenvalue weighted by Crippen LogP contribution is 2.28. The zero-order valence-electron chi connectivity index (χ0n) is 10.3. The SMILES string of the molecule is CCN=C(NC1CCCC1)NC1CC1C.I. The fourth-order valence-electron chi connectivity index (χ4n) is 2.25. The summed E-state index contributed by atoms with van der Waals surface area (Å²) in [4.78, 5) is 4.50. The summed E-state index contributed by atoms with van der Waals surface area (Å²) >= 11 is 0. The molecule has 0 heterocycles. The monoisotopic (exact) mass is 337 g/mol. The molecule has 0 aromatic heterocycles. The Bertz CT molecular complexity index is 236. The molecule has 94 valence electrons. The van der Waals surface area contributed by atoms with Crippen LogP contribution in [0.1, 0.15) is 46.0 Å². The topological polar surface area (TPSA) is 36.4 Å². The van der Waals surface area contributed by atoms with E-state index >= 15 is 0 Å². The Kier molecular flexibility index (Phi) is 5.86. The van der Waals surface area contributed by atoms with E-state index < -0.39 is 0 Å². The Hall–Kier alpha value is 0. The van der Waals surface area contributed by atoms with Crippen molar-refractivity contribution in [1.29, 1.82) is 0 Å². The van der Waals surface area contributed by atoms with E-state index in [9.17, 15) is 0 Å². The van der Waals surface area contributed by atoms with Crippen molar-refractivity contribution >= 4 is 29.9 Å². The van der Waals surface area contributed by atoms with Crippen LogP contribution in [0, 0.1) is 5.92 Å². The number of rotatable bonds is 3. The predicted molar refractivity (Wildman–Crippen MR) is 79.5 cm³/mol. The molecule has 2 aliphatic carbocycles. The third-order valence-electron chi connectivity index (χ3n) is 3.44. The highest BCUT2D eigenvalue weighted by Gasteiger charge is 2.33. The van der Waals surface area contributed by atoms with Gasteiger partial charge < -0.3 is 10.6 Å². The van der Waals surface area contributed by atoms with Crippen LogP contribution in [0.3, 0.4) is 0 Å². The summed E-state index contributed by atoms with van der Waals surface area (Å²) in [5.41, 5.74) is 0. The van der Waals surface area contributed by atoms with E-state index in [1.165, 1.54) is 32.1 Å². The van der Waals surface area contributed by atoms with Gasteiger partial charge in [0.1, 0.15) is 0 Å². The zero-order chi connectivity index (χ0) is 10.7. The Balaban J connectivity index is 0.00000128. The maximum absolute atomic E-state index is 4.50. The van der Waals surface area contributed by atoms with Crippen LogP contribution in [0.5, 0.6) is 0 Å². The van der Waals surface area contributed by atoms with Crippen molar-refractivity contribution in [3.05, 3.63) is 0 Å². The van der Waals surface area contributed by atoms with Gasteiger partial charge in [0.05, 0.1) is 0 Å². The molecule has 16 heavy (non-hydrogen) atoms. The van der Waals surface area contributed by atoms with Gasteiger partial charge in [-0.3, -0.25) is 4.99 Å². The first-order valence-corrected chi connectivity index (χ1v) is 6.37. The molecular formula is C12H24IN3. The van der Waals surface area contributed by atoms with Crippen LogP contribution in [0.25, 0.3) is 0 Å².